The Bertz CT molecular complexity index is 455. The summed E-state index contributed by atoms with van der Waals surface area (Å²) in [5, 5.41) is 5.61. The molecule has 0 saturated carbocycles. The highest BCUT2D eigenvalue weighted by atomic mass is 16.2. The van der Waals surface area contributed by atoms with E-state index in [1.54, 1.807) is 7.05 Å². The molecule has 1 saturated heterocycles. The van der Waals surface area contributed by atoms with Crippen molar-refractivity contribution in [3.8, 4) is 0 Å². The third-order valence-corrected chi connectivity index (χ3v) is 3.54. The molecule has 1 heterocycles. The lowest BCUT2D eigenvalue weighted by atomic mass is 10.1. The van der Waals surface area contributed by atoms with E-state index in [-0.39, 0.29) is 18.4 Å². The van der Waals surface area contributed by atoms with E-state index in [1.807, 2.05) is 35.2 Å². The van der Waals surface area contributed by atoms with Crippen LogP contribution in [0.25, 0.3) is 0 Å². The molecule has 0 aromatic heterocycles. The maximum Gasteiger partial charge on any atom is 0.244 e. The van der Waals surface area contributed by atoms with Crippen LogP contribution in [0.15, 0.2) is 30.3 Å². The van der Waals surface area contributed by atoms with Crippen molar-refractivity contribution in [2.24, 2.45) is 0 Å². The molecule has 2 amide bonds. The van der Waals surface area contributed by atoms with Gasteiger partial charge in [0.15, 0.2) is 0 Å². The van der Waals surface area contributed by atoms with E-state index < -0.39 is 6.04 Å². The molecular weight excluding hydrogens is 254 g/mol. The van der Waals surface area contributed by atoms with Gasteiger partial charge in [0, 0.05) is 20.1 Å². The first-order valence-electron chi connectivity index (χ1n) is 7.00. The molecule has 2 rings (SSSR count). The van der Waals surface area contributed by atoms with Crippen LogP contribution in [-0.2, 0) is 9.59 Å². The van der Waals surface area contributed by atoms with E-state index in [0.717, 1.165) is 31.5 Å². The van der Waals surface area contributed by atoms with E-state index >= 15 is 0 Å². The van der Waals surface area contributed by atoms with Gasteiger partial charge < -0.3 is 10.2 Å². The number of benzene rings is 1. The molecule has 1 atom stereocenters. The molecule has 0 spiro atoms. The Hall–Kier alpha value is -1.88. The van der Waals surface area contributed by atoms with Gasteiger partial charge in [-0.3, -0.25) is 14.9 Å². The number of nitrogens with zero attached hydrogens (tertiary/aromatic N) is 1. The largest absolute Gasteiger partial charge is 0.358 e. The number of carbonyl (C=O) groups is 2. The van der Waals surface area contributed by atoms with Crippen LogP contribution in [0.3, 0.4) is 0 Å². The fourth-order valence-corrected chi connectivity index (χ4v) is 2.40. The minimum absolute atomic E-state index is 0.0533. The third kappa shape index (κ3) is 3.57. The van der Waals surface area contributed by atoms with Crippen LogP contribution in [0, 0.1) is 0 Å². The zero-order valence-corrected chi connectivity index (χ0v) is 11.8. The van der Waals surface area contributed by atoms with Crippen LogP contribution in [0.1, 0.15) is 24.4 Å². The van der Waals surface area contributed by atoms with E-state index in [1.165, 1.54) is 0 Å². The minimum atomic E-state index is -0.452. The van der Waals surface area contributed by atoms with Gasteiger partial charge in [-0.1, -0.05) is 30.3 Å². The van der Waals surface area contributed by atoms with E-state index in [9.17, 15) is 9.59 Å². The second-order valence-electron chi connectivity index (χ2n) is 4.93. The second-order valence-corrected chi connectivity index (χ2v) is 4.93. The molecule has 1 aliphatic rings. The van der Waals surface area contributed by atoms with Crippen LogP contribution in [0.5, 0.6) is 0 Å². The Morgan fingerprint density at radius 3 is 2.45 bits per heavy atom. The number of likely N-dealkylation sites (tertiary alicyclic amines) is 1. The summed E-state index contributed by atoms with van der Waals surface area (Å²) in [5.74, 6) is -0.0715. The summed E-state index contributed by atoms with van der Waals surface area (Å²) >= 11 is 0. The monoisotopic (exact) mass is 275 g/mol. The van der Waals surface area contributed by atoms with Gasteiger partial charge >= 0.3 is 0 Å². The Morgan fingerprint density at radius 2 is 1.85 bits per heavy atom. The fourth-order valence-electron chi connectivity index (χ4n) is 2.40. The predicted octanol–water partition coefficient (Wildman–Crippen LogP) is 0.686. The number of carbonyl (C=O) groups excluding carboxylic acids is 2. The second kappa shape index (κ2) is 7.05. The van der Waals surface area contributed by atoms with Gasteiger partial charge in [0.1, 0.15) is 6.04 Å². The molecule has 0 unspecified atom stereocenters. The Morgan fingerprint density at radius 1 is 1.20 bits per heavy atom. The zero-order chi connectivity index (χ0) is 14.4. The lowest BCUT2D eigenvalue weighted by Crippen LogP contribution is -2.42. The molecule has 1 aromatic carbocycles. The summed E-state index contributed by atoms with van der Waals surface area (Å²) in [7, 11) is 1.59. The summed E-state index contributed by atoms with van der Waals surface area (Å²) in [6.07, 6.45) is 2.12. The Balaban J connectivity index is 2.10. The van der Waals surface area contributed by atoms with Crippen molar-refractivity contribution < 1.29 is 9.59 Å². The molecule has 0 radical (unpaired) electrons. The molecule has 1 fully saturated rings. The van der Waals surface area contributed by atoms with Crippen molar-refractivity contribution in [1.82, 2.24) is 15.5 Å². The highest BCUT2D eigenvalue weighted by Gasteiger charge is 2.27. The SMILES string of the molecule is CNC(=O)CN[C@H](C(=O)N1CCCC1)c1ccccc1. The number of amides is 2. The fraction of sp³-hybridized carbons (Fsp3) is 0.467. The standard InChI is InChI=1S/C15H21N3O2/c1-16-13(19)11-17-14(12-7-3-2-4-8-12)15(20)18-9-5-6-10-18/h2-4,7-8,14,17H,5-6,9-11H2,1H3,(H,16,19)/t14-/m0/s1. The molecule has 5 heteroatoms. The summed E-state index contributed by atoms with van der Waals surface area (Å²) in [6, 6.07) is 9.10. The van der Waals surface area contributed by atoms with Crippen molar-refractivity contribution in [3.63, 3.8) is 0 Å². The van der Waals surface area contributed by atoms with Crippen molar-refractivity contribution in [3.05, 3.63) is 35.9 Å². The van der Waals surface area contributed by atoms with Gasteiger partial charge in [0.2, 0.25) is 11.8 Å². The molecule has 0 aliphatic carbocycles. The number of rotatable bonds is 5. The minimum Gasteiger partial charge on any atom is -0.358 e. The molecule has 108 valence electrons. The van der Waals surface area contributed by atoms with Gasteiger partial charge in [-0.15, -0.1) is 0 Å². The molecular formula is C15H21N3O2. The lowest BCUT2D eigenvalue weighted by Gasteiger charge is -2.24. The molecule has 20 heavy (non-hydrogen) atoms. The summed E-state index contributed by atoms with van der Waals surface area (Å²) < 4.78 is 0. The van der Waals surface area contributed by atoms with E-state index in [4.69, 9.17) is 0 Å². The maximum atomic E-state index is 12.6. The van der Waals surface area contributed by atoms with Crippen LogP contribution < -0.4 is 10.6 Å². The van der Waals surface area contributed by atoms with Gasteiger partial charge in [0.05, 0.1) is 6.54 Å². The quantitative estimate of drug-likeness (QED) is 0.831. The van der Waals surface area contributed by atoms with Crippen molar-refractivity contribution >= 4 is 11.8 Å². The summed E-state index contributed by atoms with van der Waals surface area (Å²) in [6.45, 7) is 1.75. The van der Waals surface area contributed by atoms with E-state index in [2.05, 4.69) is 10.6 Å². The van der Waals surface area contributed by atoms with Gasteiger partial charge in [0.25, 0.3) is 0 Å². The van der Waals surface area contributed by atoms with Gasteiger partial charge in [-0.25, -0.2) is 0 Å². The molecule has 1 aromatic rings. The summed E-state index contributed by atoms with van der Waals surface area (Å²) in [4.78, 5) is 25.8. The normalized spacial score (nSPS) is 15.9. The highest BCUT2D eigenvalue weighted by Crippen LogP contribution is 2.18. The lowest BCUT2D eigenvalue weighted by molar-refractivity contribution is -0.132. The van der Waals surface area contributed by atoms with E-state index in [0.29, 0.717) is 0 Å². The predicted molar refractivity (Wildman–Crippen MR) is 77.1 cm³/mol. The first-order valence-corrected chi connectivity index (χ1v) is 7.00. The molecule has 1 aliphatic heterocycles. The smallest absolute Gasteiger partial charge is 0.244 e. The first-order chi connectivity index (χ1) is 9.72. The van der Waals surface area contributed by atoms with Crippen molar-refractivity contribution in [2.45, 2.75) is 18.9 Å². The summed E-state index contributed by atoms with van der Waals surface area (Å²) in [5.41, 5.74) is 0.897. The molecule has 0 bridgehead atoms. The highest BCUT2D eigenvalue weighted by molar-refractivity contribution is 5.85. The average molecular weight is 275 g/mol. The zero-order valence-electron chi connectivity index (χ0n) is 11.8. The first kappa shape index (κ1) is 14.5. The molecule has 2 N–H and O–H groups in total. The van der Waals surface area contributed by atoms with Crippen LogP contribution in [0.2, 0.25) is 0 Å². The number of hydrogen-bond acceptors (Lipinski definition) is 3. The maximum absolute atomic E-state index is 12.6. The van der Waals surface area contributed by atoms with Crippen LogP contribution >= 0.6 is 0 Å². The number of hydrogen-bond donors (Lipinski definition) is 2. The Labute approximate surface area is 119 Å². The molecule has 5 nitrogen and oxygen atoms in total. The van der Waals surface area contributed by atoms with Crippen LogP contribution in [-0.4, -0.2) is 43.4 Å². The van der Waals surface area contributed by atoms with Gasteiger partial charge in [-0.2, -0.15) is 0 Å². The van der Waals surface area contributed by atoms with Gasteiger partial charge in [-0.05, 0) is 18.4 Å². The van der Waals surface area contributed by atoms with Crippen molar-refractivity contribution in [1.29, 1.82) is 0 Å². The number of nitrogens with one attached hydrogen (secondary N) is 2. The van der Waals surface area contributed by atoms with Crippen molar-refractivity contribution in [2.75, 3.05) is 26.7 Å². The van der Waals surface area contributed by atoms with Crippen LogP contribution in [0.4, 0.5) is 0 Å². The Kier molecular flexibility index (Phi) is 5.12. The third-order valence-electron chi connectivity index (χ3n) is 3.54. The topological polar surface area (TPSA) is 61.4 Å². The number of likely N-dealkylation sites (N-methyl/N-ethyl adjacent to an activating group) is 1. The average Bonchev–Trinajstić information content (AvgIpc) is 3.02.